The molecule has 1 aliphatic rings. The van der Waals surface area contributed by atoms with Crippen LogP contribution in [0.15, 0.2) is 18.2 Å². The first-order valence-electron chi connectivity index (χ1n) is 6.57. The summed E-state index contributed by atoms with van der Waals surface area (Å²) in [5.74, 6) is -0.221. The zero-order valence-corrected chi connectivity index (χ0v) is 10.9. The van der Waals surface area contributed by atoms with E-state index in [9.17, 15) is 4.39 Å². The van der Waals surface area contributed by atoms with Crippen LogP contribution < -0.4 is 5.73 Å². The van der Waals surface area contributed by atoms with Gasteiger partial charge in [0.05, 0.1) is 6.10 Å². The first kappa shape index (κ1) is 13.3. The number of halogens is 1. The maximum atomic E-state index is 13.7. The summed E-state index contributed by atoms with van der Waals surface area (Å²) in [5, 5.41) is 0. The van der Waals surface area contributed by atoms with Gasteiger partial charge in [-0.25, -0.2) is 4.39 Å². The minimum Gasteiger partial charge on any atom is -0.399 e. The van der Waals surface area contributed by atoms with Gasteiger partial charge < -0.3 is 10.5 Å². The topological polar surface area (TPSA) is 38.5 Å². The maximum Gasteiger partial charge on any atom is 0.129 e. The van der Waals surface area contributed by atoms with E-state index in [2.05, 4.69) is 11.8 Å². The Kier molecular flexibility index (Phi) is 4.55. The quantitative estimate of drug-likeness (QED) is 0.818. The Labute approximate surface area is 108 Å². The smallest absolute Gasteiger partial charge is 0.129 e. The summed E-state index contributed by atoms with van der Waals surface area (Å²) in [6.07, 6.45) is 2.56. The SMILES string of the molecule is CCN(Cc1ccc(N)cc1F)CC1CCCO1. The molecule has 1 atom stereocenters. The van der Waals surface area contributed by atoms with Gasteiger partial charge in [-0.2, -0.15) is 0 Å². The van der Waals surface area contributed by atoms with Gasteiger partial charge >= 0.3 is 0 Å². The van der Waals surface area contributed by atoms with Gasteiger partial charge in [-0.3, -0.25) is 4.90 Å². The molecule has 0 radical (unpaired) electrons. The minimum atomic E-state index is -0.221. The van der Waals surface area contributed by atoms with E-state index >= 15 is 0 Å². The lowest BCUT2D eigenvalue weighted by molar-refractivity contribution is 0.0721. The largest absolute Gasteiger partial charge is 0.399 e. The number of likely N-dealkylation sites (N-methyl/N-ethyl adjacent to an activating group) is 1. The molecule has 2 rings (SSSR count). The minimum absolute atomic E-state index is 0.221. The first-order valence-corrected chi connectivity index (χ1v) is 6.57. The third-order valence-electron chi connectivity index (χ3n) is 3.40. The number of ether oxygens (including phenoxy) is 1. The molecule has 18 heavy (non-hydrogen) atoms. The van der Waals surface area contributed by atoms with E-state index in [-0.39, 0.29) is 5.82 Å². The molecule has 0 saturated carbocycles. The summed E-state index contributed by atoms with van der Waals surface area (Å²) in [5.41, 5.74) is 6.72. The highest BCUT2D eigenvalue weighted by Crippen LogP contribution is 2.17. The fourth-order valence-corrected chi connectivity index (χ4v) is 2.31. The molecule has 0 aliphatic carbocycles. The predicted octanol–water partition coefficient (Wildman–Crippen LogP) is 2.41. The highest BCUT2D eigenvalue weighted by atomic mass is 19.1. The van der Waals surface area contributed by atoms with E-state index in [1.54, 1.807) is 12.1 Å². The summed E-state index contributed by atoms with van der Waals surface area (Å²) in [6.45, 7) is 5.33. The van der Waals surface area contributed by atoms with Crippen LogP contribution in [0.25, 0.3) is 0 Å². The molecule has 1 saturated heterocycles. The molecule has 2 N–H and O–H groups in total. The number of anilines is 1. The van der Waals surface area contributed by atoms with Crippen molar-refractivity contribution in [3.63, 3.8) is 0 Å². The third kappa shape index (κ3) is 3.43. The predicted molar refractivity (Wildman–Crippen MR) is 70.7 cm³/mol. The second kappa shape index (κ2) is 6.16. The van der Waals surface area contributed by atoms with Crippen LogP contribution in [0.2, 0.25) is 0 Å². The molecule has 1 fully saturated rings. The second-order valence-corrected chi connectivity index (χ2v) is 4.81. The molecule has 1 aromatic rings. The molecule has 0 aromatic heterocycles. The standard InChI is InChI=1S/C14H21FN2O/c1-2-17(10-13-4-3-7-18-13)9-11-5-6-12(16)8-14(11)15/h5-6,8,13H,2-4,7,9-10,16H2,1H3. The number of nitrogen functional groups attached to an aromatic ring is 1. The average Bonchev–Trinajstić information content (AvgIpc) is 2.84. The number of hydrogen-bond donors (Lipinski definition) is 1. The van der Waals surface area contributed by atoms with Crippen molar-refractivity contribution >= 4 is 5.69 Å². The van der Waals surface area contributed by atoms with Gasteiger partial charge in [0.25, 0.3) is 0 Å². The van der Waals surface area contributed by atoms with E-state index in [4.69, 9.17) is 10.5 Å². The number of nitrogens with two attached hydrogens (primary N) is 1. The lowest BCUT2D eigenvalue weighted by atomic mass is 10.1. The fraction of sp³-hybridized carbons (Fsp3) is 0.571. The molecule has 0 bridgehead atoms. The van der Waals surface area contributed by atoms with Gasteiger partial charge in [-0.05, 0) is 31.5 Å². The van der Waals surface area contributed by atoms with Gasteiger partial charge in [0.1, 0.15) is 5.82 Å². The Hall–Kier alpha value is -1.13. The normalized spacial score (nSPS) is 19.6. The highest BCUT2D eigenvalue weighted by Gasteiger charge is 2.19. The molecule has 1 heterocycles. The van der Waals surface area contributed by atoms with Gasteiger partial charge in [-0.1, -0.05) is 13.0 Å². The van der Waals surface area contributed by atoms with Gasteiger partial charge in [-0.15, -0.1) is 0 Å². The lowest BCUT2D eigenvalue weighted by Crippen LogP contribution is -2.31. The van der Waals surface area contributed by atoms with Crippen molar-refractivity contribution in [3.8, 4) is 0 Å². The molecule has 4 heteroatoms. The Morgan fingerprint density at radius 2 is 2.33 bits per heavy atom. The van der Waals surface area contributed by atoms with Crippen LogP contribution in [0.4, 0.5) is 10.1 Å². The zero-order valence-electron chi connectivity index (χ0n) is 10.9. The first-order chi connectivity index (χ1) is 8.69. The number of nitrogens with zero attached hydrogens (tertiary/aromatic N) is 1. The third-order valence-corrected chi connectivity index (χ3v) is 3.40. The van der Waals surface area contributed by atoms with Crippen LogP contribution >= 0.6 is 0 Å². The van der Waals surface area contributed by atoms with E-state index < -0.39 is 0 Å². The van der Waals surface area contributed by atoms with Crippen molar-refractivity contribution in [2.45, 2.75) is 32.4 Å². The molecular formula is C14H21FN2O. The summed E-state index contributed by atoms with van der Waals surface area (Å²) < 4.78 is 19.3. The fourth-order valence-electron chi connectivity index (χ4n) is 2.31. The Balaban J connectivity index is 1.96. The summed E-state index contributed by atoms with van der Waals surface area (Å²) >= 11 is 0. The number of benzene rings is 1. The van der Waals surface area contributed by atoms with Gasteiger partial charge in [0.2, 0.25) is 0 Å². The maximum absolute atomic E-state index is 13.7. The molecule has 100 valence electrons. The van der Waals surface area contributed by atoms with Gasteiger partial charge in [0.15, 0.2) is 0 Å². The van der Waals surface area contributed by atoms with Crippen molar-refractivity contribution in [3.05, 3.63) is 29.6 Å². The van der Waals surface area contributed by atoms with Crippen LogP contribution in [-0.2, 0) is 11.3 Å². The molecule has 1 aromatic carbocycles. The molecule has 1 unspecified atom stereocenters. The number of hydrogen-bond acceptors (Lipinski definition) is 3. The molecule has 0 spiro atoms. The average molecular weight is 252 g/mol. The lowest BCUT2D eigenvalue weighted by Gasteiger charge is -2.23. The van der Waals surface area contributed by atoms with Crippen LogP contribution in [0, 0.1) is 5.82 Å². The Bertz CT molecular complexity index is 391. The van der Waals surface area contributed by atoms with E-state index in [1.165, 1.54) is 6.07 Å². The van der Waals surface area contributed by atoms with Crippen LogP contribution in [-0.4, -0.2) is 30.7 Å². The van der Waals surface area contributed by atoms with Crippen molar-refractivity contribution in [1.82, 2.24) is 4.90 Å². The zero-order chi connectivity index (χ0) is 13.0. The van der Waals surface area contributed by atoms with E-state index in [0.717, 1.165) is 32.5 Å². The Morgan fingerprint density at radius 1 is 1.50 bits per heavy atom. The summed E-state index contributed by atoms with van der Waals surface area (Å²) in [7, 11) is 0. The van der Waals surface area contributed by atoms with Crippen molar-refractivity contribution in [2.75, 3.05) is 25.4 Å². The monoisotopic (exact) mass is 252 g/mol. The molecule has 1 aliphatic heterocycles. The molecule has 0 amide bonds. The Morgan fingerprint density at radius 3 is 2.94 bits per heavy atom. The van der Waals surface area contributed by atoms with Crippen molar-refractivity contribution in [2.24, 2.45) is 0 Å². The van der Waals surface area contributed by atoms with Crippen LogP contribution in [0.5, 0.6) is 0 Å². The van der Waals surface area contributed by atoms with Gasteiger partial charge in [0, 0.05) is 30.9 Å². The highest BCUT2D eigenvalue weighted by molar-refractivity contribution is 5.40. The summed E-state index contributed by atoms with van der Waals surface area (Å²) in [6, 6.07) is 4.90. The summed E-state index contributed by atoms with van der Waals surface area (Å²) in [4.78, 5) is 2.21. The van der Waals surface area contributed by atoms with E-state index in [0.29, 0.717) is 23.9 Å². The van der Waals surface area contributed by atoms with Crippen LogP contribution in [0.3, 0.4) is 0 Å². The number of rotatable bonds is 5. The second-order valence-electron chi connectivity index (χ2n) is 4.81. The molecular weight excluding hydrogens is 231 g/mol. The van der Waals surface area contributed by atoms with Crippen molar-refractivity contribution in [1.29, 1.82) is 0 Å². The molecule has 3 nitrogen and oxygen atoms in total. The van der Waals surface area contributed by atoms with Crippen molar-refractivity contribution < 1.29 is 9.13 Å². The van der Waals surface area contributed by atoms with E-state index in [1.807, 2.05) is 0 Å². The van der Waals surface area contributed by atoms with Crippen LogP contribution in [0.1, 0.15) is 25.3 Å².